The molecule has 5 aliphatic rings. The number of fused-ring (bicyclic) bond motifs is 4. The summed E-state index contributed by atoms with van der Waals surface area (Å²) in [7, 11) is 0. The summed E-state index contributed by atoms with van der Waals surface area (Å²) in [6.45, 7) is 10.3. The van der Waals surface area contributed by atoms with Crippen molar-refractivity contribution in [2.24, 2.45) is 57.7 Å². The first-order chi connectivity index (χ1) is 12.7. The zero-order valence-electron chi connectivity index (χ0n) is 18.0. The van der Waals surface area contributed by atoms with Crippen LogP contribution in [0.5, 0.6) is 0 Å². The van der Waals surface area contributed by atoms with Gasteiger partial charge in [0.1, 0.15) is 0 Å². The maximum atomic E-state index is 11.1. The lowest BCUT2D eigenvalue weighted by atomic mass is 9.44. The predicted octanol–water partition coefficient (Wildman–Crippen LogP) is 6.39. The van der Waals surface area contributed by atoms with E-state index in [1.54, 1.807) is 6.42 Å². The number of carbonyl (C=O) groups is 1. The van der Waals surface area contributed by atoms with E-state index < -0.39 is 5.97 Å². The molecule has 0 radical (unpaired) electrons. The van der Waals surface area contributed by atoms with Crippen LogP contribution >= 0.6 is 0 Å². The molecule has 5 unspecified atom stereocenters. The molecule has 10 atom stereocenters. The van der Waals surface area contributed by atoms with Crippen LogP contribution in [0.1, 0.15) is 91.9 Å². The first kappa shape index (κ1) is 18.5. The van der Waals surface area contributed by atoms with E-state index in [1.807, 2.05) is 0 Å². The van der Waals surface area contributed by atoms with Gasteiger partial charge in [0.25, 0.3) is 0 Å². The van der Waals surface area contributed by atoms with Crippen molar-refractivity contribution in [1.29, 1.82) is 0 Å². The molecule has 0 amide bonds. The van der Waals surface area contributed by atoms with E-state index in [0.717, 1.165) is 47.3 Å². The van der Waals surface area contributed by atoms with Crippen LogP contribution in [0.15, 0.2) is 0 Å². The fourth-order valence-electron chi connectivity index (χ4n) is 10.4. The Morgan fingerprint density at radius 2 is 1.89 bits per heavy atom. The first-order valence-electron chi connectivity index (χ1n) is 12.0. The molecule has 0 aliphatic heterocycles. The molecule has 0 aromatic carbocycles. The Morgan fingerprint density at radius 3 is 2.59 bits per heavy atom. The Morgan fingerprint density at radius 1 is 1.11 bits per heavy atom. The van der Waals surface area contributed by atoms with Crippen LogP contribution in [0.25, 0.3) is 0 Å². The number of hydrogen-bond acceptors (Lipinski definition) is 1. The van der Waals surface area contributed by atoms with Gasteiger partial charge in [-0.25, -0.2) is 0 Å². The van der Waals surface area contributed by atoms with Gasteiger partial charge in [-0.2, -0.15) is 0 Å². The van der Waals surface area contributed by atoms with Gasteiger partial charge in [0, 0.05) is 6.42 Å². The predicted molar refractivity (Wildman–Crippen MR) is 108 cm³/mol. The third-order valence-electron chi connectivity index (χ3n) is 11.6. The van der Waals surface area contributed by atoms with Gasteiger partial charge in [-0.05, 0) is 115 Å². The smallest absolute Gasteiger partial charge is 0.303 e. The van der Waals surface area contributed by atoms with Gasteiger partial charge in [0.2, 0.25) is 0 Å². The normalized spacial score (nSPS) is 56.6. The highest BCUT2D eigenvalue weighted by Gasteiger charge is 2.76. The Bertz CT molecular complexity index is 642. The van der Waals surface area contributed by atoms with Gasteiger partial charge in [0.15, 0.2) is 0 Å². The third kappa shape index (κ3) is 2.22. The summed E-state index contributed by atoms with van der Waals surface area (Å²) in [5, 5.41) is 9.13. The van der Waals surface area contributed by atoms with Gasteiger partial charge in [-0.3, -0.25) is 4.79 Å². The molecular weight excluding hydrogens is 332 g/mol. The molecule has 5 aliphatic carbocycles. The highest BCUT2D eigenvalue weighted by Crippen LogP contribution is 2.83. The second kappa shape index (κ2) is 5.76. The summed E-state index contributed by atoms with van der Waals surface area (Å²) in [6, 6.07) is 0. The van der Waals surface area contributed by atoms with Crippen molar-refractivity contribution in [3.63, 3.8) is 0 Å². The topological polar surface area (TPSA) is 37.3 Å². The third-order valence-corrected chi connectivity index (χ3v) is 11.6. The Kier molecular flexibility index (Phi) is 3.94. The molecule has 0 bridgehead atoms. The quantitative estimate of drug-likeness (QED) is 0.620. The zero-order chi connectivity index (χ0) is 19.2. The lowest BCUT2D eigenvalue weighted by Crippen LogP contribution is -2.54. The molecule has 152 valence electrons. The van der Waals surface area contributed by atoms with Crippen molar-refractivity contribution in [2.45, 2.75) is 91.9 Å². The van der Waals surface area contributed by atoms with Gasteiger partial charge in [-0.1, -0.05) is 27.7 Å². The van der Waals surface area contributed by atoms with Gasteiger partial charge in [0.05, 0.1) is 0 Å². The Hall–Kier alpha value is -0.530. The summed E-state index contributed by atoms with van der Waals surface area (Å²) >= 11 is 0. The van der Waals surface area contributed by atoms with Crippen molar-refractivity contribution in [1.82, 2.24) is 0 Å². The zero-order valence-corrected chi connectivity index (χ0v) is 18.0. The van der Waals surface area contributed by atoms with Crippen LogP contribution in [-0.2, 0) is 4.79 Å². The van der Waals surface area contributed by atoms with E-state index in [2.05, 4.69) is 27.7 Å². The Balaban J connectivity index is 1.39. The molecular formula is C25H40O2. The number of carboxylic acids is 1. The molecule has 5 saturated carbocycles. The lowest BCUT2D eigenvalue weighted by molar-refractivity contribution is -0.138. The van der Waals surface area contributed by atoms with Crippen molar-refractivity contribution in [2.75, 3.05) is 0 Å². The molecule has 1 spiro atoms. The monoisotopic (exact) mass is 372 g/mol. The van der Waals surface area contributed by atoms with E-state index in [-0.39, 0.29) is 0 Å². The fraction of sp³-hybridized carbons (Fsp3) is 0.960. The SMILES string of the molecule is C[C@H](CCC(=O)O)C1CCC2C3C[C@@H](C)C45C[C@@H]4CC[C@]5(C)C3CC[C@@]21C. The van der Waals surface area contributed by atoms with E-state index in [9.17, 15) is 4.79 Å². The van der Waals surface area contributed by atoms with Crippen LogP contribution in [0.2, 0.25) is 0 Å². The second-order valence-electron chi connectivity index (χ2n) is 12.0. The van der Waals surface area contributed by atoms with Crippen LogP contribution in [0.3, 0.4) is 0 Å². The van der Waals surface area contributed by atoms with Crippen LogP contribution < -0.4 is 0 Å². The van der Waals surface area contributed by atoms with E-state index in [1.165, 1.54) is 44.9 Å². The maximum absolute atomic E-state index is 11.1. The summed E-state index contributed by atoms with van der Waals surface area (Å²) < 4.78 is 0. The lowest BCUT2D eigenvalue weighted by Gasteiger charge is -2.61. The molecule has 5 fully saturated rings. The van der Waals surface area contributed by atoms with Crippen LogP contribution in [-0.4, -0.2) is 11.1 Å². The number of carboxylic acid groups (broad SMARTS) is 1. The molecule has 2 heteroatoms. The van der Waals surface area contributed by atoms with Crippen molar-refractivity contribution < 1.29 is 9.90 Å². The molecule has 0 aromatic rings. The maximum Gasteiger partial charge on any atom is 0.303 e. The first-order valence-corrected chi connectivity index (χ1v) is 12.0. The molecule has 0 heterocycles. The van der Waals surface area contributed by atoms with E-state index in [4.69, 9.17) is 5.11 Å². The number of hydrogen-bond donors (Lipinski definition) is 1. The number of aliphatic carboxylic acids is 1. The standard InChI is InChI=1S/C25H40O2/c1-15(5-8-22(26)27)19-6-7-20-18-13-16(2)25-14-17(25)9-12-24(25,4)21(18)10-11-23(19,20)3/h15-21H,5-14H2,1-4H3,(H,26,27)/t15-,16-,17+,18?,19?,20?,21?,23-,24-,25?/m1/s1. The molecule has 2 nitrogen and oxygen atoms in total. The van der Waals surface area contributed by atoms with Crippen molar-refractivity contribution >= 4 is 5.97 Å². The molecule has 0 saturated heterocycles. The average molecular weight is 373 g/mol. The fourth-order valence-corrected chi connectivity index (χ4v) is 10.4. The average Bonchev–Trinajstić information content (AvgIpc) is 3.14. The molecule has 5 rings (SSSR count). The van der Waals surface area contributed by atoms with E-state index >= 15 is 0 Å². The summed E-state index contributed by atoms with van der Waals surface area (Å²) in [5.74, 6) is 5.53. The second-order valence-corrected chi connectivity index (χ2v) is 12.0. The summed E-state index contributed by atoms with van der Waals surface area (Å²) in [6.07, 6.45) is 12.9. The summed E-state index contributed by atoms with van der Waals surface area (Å²) in [4.78, 5) is 11.1. The largest absolute Gasteiger partial charge is 0.481 e. The highest BCUT2D eigenvalue weighted by atomic mass is 16.4. The van der Waals surface area contributed by atoms with Crippen LogP contribution in [0, 0.1) is 57.7 Å². The van der Waals surface area contributed by atoms with Gasteiger partial charge >= 0.3 is 5.97 Å². The molecule has 27 heavy (non-hydrogen) atoms. The Labute approximate surface area is 165 Å². The molecule has 1 N–H and O–H groups in total. The number of rotatable bonds is 4. The minimum atomic E-state index is -0.621. The minimum absolute atomic E-state index is 0.351. The van der Waals surface area contributed by atoms with Crippen molar-refractivity contribution in [3.05, 3.63) is 0 Å². The minimum Gasteiger partial charge on any atom is -0.481 e. The van der Waals surface area contributed by atoms with Gasteiger partial charge < -0.3 is 5.11 Å². The van der Waals surface area contributed by atoms with Crippen LogP contribution in [0.4, 0.5) is 0 Å². The summed E-state index contributed by atoms with van der Waals surface area (Å²) in [5.41, 5.74) is 1.84. The highest BCUT2D eigenvalue weighted by molar-refractivity contribution is 5.66. The van der Waals surface area contributed by atoms with E-state index in [0.29, 0.717) is 23.2 Å². The van der Waals surface area contributed by atoms with Gasteiger partial charge in [-0.15, -0.1) is 0 Å². The molecule has 0 aromatic heterocycles. The van der Waals surface area contributed by atoms with Crippen molar-refractivity contribution in [3.8, 4) is 0 Å².